The molecule has 0 aliphatic carbocycles. The predicted octanol–water partition coefficient (Wildman–Crippen LogP) is 4.47. The van der Waals surface area contributed by atoms with Crippen LogP contribution in [0, 0.1) is 0 Å². The number of rotatable bonds is 7. The molecule has 10 heteroatoms. The zero-order valence-corrected chi connectivity index (χ0v) is 22.8. The molecule has 38 heavy (non-hydrogen) atoms. The van der Waals surface area contributed by atoms with E-state index in [4.69, 9.17) is 0 Å². The number of carbonyl (C=O) groups excluding carboxylic acids is 1. The predicted molar refractivity (Wildman–Crippen MR) is 148 cm³/mol. The van der Waals surface area contributed by atoms with Gasteiger partial charge in [-0.05, 0) is 62.6 Å². The van der Waals surface area contributed by atoms with Gasteiger partial charge in [0.1, 0.15) is 5.82 Å². The first-order chi connectivity index (χ1) is 18.0. The average Bonchev–Trinajstić information content (AvgIpc) is 3.44. The normalized spacial score (nSPS) is 17.1. The molecule has 0 saturated heterocycles. The third kappa shape index (κ3) is 5.20. The van der Waals surface area contributed by atoms with Gasteiger partial charge < -0.3 is 4.98 Å². The van der Waals surface area contributed by atoms with Crippen molar-refractivity contribution in [1.82, 2.24) is 19.0 Å². The number of para-hydroxylation sites is 2. The van der Waals surface area contributed by atoms with E-state index in [0.717, 1.165) is 16.6 Å². The molecule has 1 aliphatic rings. The molecular weight excluding hydrogens is 520 g/mol. The van der Waals surface area contributed by atoms with Gasteiger partial charge in [0.25, 0.3) is 5.91 Å². The van der Waals surface area contributed by atoms with E-state index < -0.39 is 32.6 Å². The van der Waals surface area contributed by atoms with Crippen LogP contribution in [0.2, 0.25) is 0 Å². The average molecular weight is 549 g/mol. The largest absolute Gasteiger partial charge is 0.341 e. The Balaban J connectivity index is 1.44. The van der Waals surface area contributed by atoms with Crippen molar-refractivity contribution in [1.29, 1.82) is 0 Å². The lowest BCUT2D eigenvalue weighted by atomic mass is 10.0. The van der Waals surface area contributed by atoms with Crippen LogP contribution in [0.25, 0.3) is 15.9 Å². The number of aromatic amines is 1. The van der Waals surface area contributed by atoms with Crippen LogP contribution in [-0.2, 0) is 32.2 Å². The van der Waals surface area contributed by atoms with Gasteiger partial charge in [0.2, 0.25) is 10.0 Å². The Kier molecular flexibility index (Phi) is 6.81. The number of nitrogens with one attached hydrogen (secondary N) is 2. The first-order valence-electron chi connectivity index (χ1n) is 12.1. The third-order valence-corrected chi connectivity index (χ3v) is 9.46. The number of nitrogens with zero attached hydrogens (tertiary/aromatic N) is 2. The fourth-order valence-corrected chi connectivity index (χ4v) is 7.06. The minimum atomic E-state index is -3.82. The Morgan fingerprint density at radius 1 is 0.974 bits per heavy atom. The Labute approximate surface area is 224 Å². The van der Waals surface area contributed by atoms with E-state index >= 15 is 0 Å². The first-order valence-corrected chi connectivity index (χ1v) is 14.7. The monoisotopic (exact) mass is 548 g/mol. The topological polar surface area (TPSA) is 112 Å². The maximum atomic E-state index is 13.2. The minimum Gasteiger partial charge on any atom is -0.341 e. The zero-order chi connectivity index (χ0) is 27.1. The number of carbonyl (C=O) groups is 1. The molecule has 196 valence electrons. The quantitative estimate of drug-likeness (QED) is 0.354. The van der Waals surface area contributed by atoms with E-state index in [1.54, 1.807) is 42.5 Å². The minimum absolute atomic E-state index is 0.167. The fraction of sp³-hybridized carbons (Fsp3) is 0.214. The third-order valence-electron chi connectivity index (χ3n) is 6.18. The van der Waals surface area contributed by atoms with Crippen LogP contribution in [0.4, 0.5) is 0 Å². The molecule has 2 heterocycles. The zero-order valence-electron chi connectivity index (χ0n) is 21.2. The molecule has 8 nitrogen and oxygen atoms in total. The second kappa shape index (κ2) is 9.94. The Bertz CT molecular complexity index is 1620. The Morgan fingerprint density at radius 3 is 2.26 bits per heavy atom. The molecule has 4 aromatic rings. The second-order valence-corrected chi connectivity index (χ2v) is 13.1. The SMILES string of the molecule is CC(C)(C)N1C(=O)C=C(c2ccc(C[C@H](NS(=O)(=O)c3ccccc3)c3nc4ccccc4[nH]3)cc2)S1=O. The highest BCUT2D eigenvalue weighted by Crippen LogP contribution is 2.33. The number of imidazole rings is 1. The highest BCUT2D eigenvalue weighted by Gasteiger charge is 2.38. The number of sulfonamides is 1. The number of fused-ring (bicyclic) bond motifs is 1. The molecule has 5 rings (SSSR count). The van der Waals surface area contributed by atoms with Crippen molar-refractivity contribution >= 4 is 42.9 Å². The van der Waals surface area contributed by atoms with Gasteiger partial charge in [-0.25, -0.2) is 26.6 Å². The maximum Gasteiger partial charge on any atom is 0.260 e. The number of benzene rings is 3. The molecule has 0 saturated carbocycles. The number of H-pyrrole nitrogens is 1. The smallest absolute Gasteiger partial charge is 0.260 e. The number of amides is 1. The van der Waals surface area contributed by atoms with Crippen molar-refractivity contribution < 1.29 is 17.4 Å². The Hall–Kier alpha value is -3.60. The second-order valence-electron chi connectivity index (χ2n) is 10.1. The van der Waals surface area contributed by atoms with E-state index in [1.165, 1.54) is 10.4 Å². The van der Waals surface area contributed by atoms with Crippen molar-refractivity contribution in [3.63, 3.8) is 0 Å². The molecule has 1 aliphatic heterocycles. The molecule has 3 aromatic carbocycles. The summed E-state index contributed by atoms with van der Waals surface area (Å²) in [6, 6.07) is 22.4. The molecule has 0 radical (unpaired) electrons. The summed E-state index contributed by atoms with van der Waals surface area (Å²) < 4.78 is 43.6. The highest BCUT2D eigenvalue weighted by atomic mass is 32.2. The van der Waals surface area contributed by atoms with Gasteiger partial charge >= 0.3 is 0 Å². The fourth-order valence-electron chi connectivity index (χ4n) is 4.39. The van der Waals surface area contributed by atoms with E-state index in [9.17, 15) is 17.4 Å². The van der Waals surface area contributed by atoms with Crippen molar-refractivity contribution in [3.05, 3.63) is 102 Å². The van der Waals surface area contributed by atoms with Gasteiger partial charge in [-0.1, -0.05) is 54.6 Å². The van der Waals surface area contributed by atoms with Crippen molar-refractivity contribution in [3.8, 4) is 0 Å². The molecule has 0 spiro atoms. The summed E-state index contributed by atoms with van der Waals surface area (Å²) in [5.74, 6) is 0.219. The number of hydrogen-bond acceptors (Lipinski definition) is 5. The molecule has 2 N–H and O–H groups in total. The summed E-state index contributed by atoms with van der Waals surface area (Å²) in [6.45, 7) is 5.53. The van der Waals surface area contributed by atoms with Crippen LogP contribution in [0.3, 0.4) is 0 Å². The Morgan fingerprint density at radius 2 is 1.63 bits per heavy atom. The van der Waals surface area contributed by atoms with Gasteiger partial charge in [0.15, 0.2) is 11.0 Å². The number of aromatic nitrogens is 2. The summed E-state index contributed by atoms with van der Waals surface area (Å²) in [7, 11) is -5.42. The lowest BCUT2D eigenvalue weighted by Gasteiger charge is -2.30. The van der Waals surface area contributed by atoms with Gasteiger partial charge in [-0.15, -0.1) is 0 Å². The van der Waals surface area contributed by atoms with Gasteiger partial charge in [-0.2, -0.15) is 0 Å². The molecule has 1 unspecified atom stereocenters. The van der Waals surface area contributed by atoms with Crippen LogP contribution in [0.15, 0.2) is 89.8 Å². The van der Waals surface area contributed by atoms with Gasteiger partial charge in [-0.3, -0.25) is 4.79 Å². The summed E-state index contributed by atoms with van der Waals surface area (Å²) in [6.07, 6.45) is 1.74. The van der Waals surface area contributed by atoms with Crippen LogP contribution in [0.5, 0.6) is 0 Å². The summed E-state index contributed by atoms with van der Waals surface area (Å²) >= 11 is 0. The lowest BCUT2D eigenvalue weighted by Crippen LogP contribution is -2.43. The van der Waals surface area contributed by atoms with Crippen molar-refractivity contribution in [2.24, 2.45) is 0 Å². The molecule has 1 amide bonds. The van der Waals surface area contributed by atoms with Crippen LogP contribution < -0.4 is 4.72 Å². The number of hydrogen-bond donors (Lipinski definition) is 2. The summed E-state index contributed by atoms with van der Waals surface area (Å²) in [5.41, 5.74) is 2.50. The van der Waals surface area contributed by atoms with E-state index in [2.05, 4.69) is 14.7 Å². The van der Waals surface area contributed by atoms with Gasteiger partial charge in [0, 0.05) is 11.6 Å². The molecule has 2 atom stereocenters. The van der Waals surface area contributed by atoms with Gasteiger partial charge in [0.05, 0.1) is 26.9 Å². The van der Waals surface area contributed by atoms with E-state index in [-0.39, 0.29) is 10.8 Å². The first kappa shape index (κ1) is 26.0. The van der Waals surface area contributed by atoms with Crippen molar-refractivity contribution in [2.75, 3.05) is 0 Å². The highest BCUT2D eigenvalue weighted by molar-refractivity contribution is 7.93. The van der Waals surface area contributed by atoms with Crippen LogP contribution in [-0.4, -0.2) is 38.3 Å². The molecule has 0 bridgehead atoms. The lowest BCUT2D eigenvalue weighted by molar-refractivity contribution is -0.123. The maximum absolute atomic E-state index is 13.2. The standard InChI is InChI=1S/C28H28N4O4S2/c1-28(2,3)32-26(33)18-25(37(32)34)20-15-13-19(14-16-20)17-24(27-29-22-11-7-8-12-23(22)30-27)31-38(35,36)21-9-5-4-6-10-21/h4-16,18,24,31H,17H2,1-3H3,(H,29,30)/t24-,37?/m0/s1. The summed E-state index contributed by atoms with van der Waals surface area (Å²) in [5, 5.41) is 0. The summed E-state index contributed by atoms with van der Waals surface area (Å²) in [4.78, 5) is 21.0. The van der Waals surface area contributed by atoms with E-state index in [1.807, 2.05) is 57.2 Å². The van der Waals surface area contributed by atoms with Crippen molar-refractivity contribution in [2.45, 2.75) is 43.7 Å². The molecule has 0 fully saturated rings. The van der Waals surface area contributed by atoms with Crippen LogP contribution in [0.1, 0.15) is 43.8 Å². The molecular formula is C28H28N4O4S2. The van der Waals surface area contributed by atoms with Crippen LogP contribution >= 0.6 is 0 Å². The molecule has 1 aromatic heterocycles. The van der Waals surface area contributed by atoms with E-state index in [0.29, 0.717) is 22.7 Å².